The van der Waals surface area contributed by atoms with Gasteiger partial charge < -0.3 is 19.4 Å². The van der Waals surface area contributed by atoms with Gasteiger partial charge in [0.15, 0.2) is 0 Å². The molecular formula is C28H31N3O3. The van der Waals surface area contributed by atoms with Crippen LogP contribution in [0, 0.1) is 0 Å². The average Bonchev–Trinajstić information content (AvgIpc) is 3.34. The third kappa shape index (κ3) is 4.91. The lowest BCUT2D eigenvalue weighted by molar-refractivity contribution is -0.135. The average molecular weight is 458 g/mol. The zero-order valence-corrected chi connectivity index (χ0v) is 20.0. The van der Waals surface area contributed by atoms with E-state index >= 15 is 0 Å². The van der Waals surface area contributed by atoms with Gasteiger partial charge in [0.25, 0.3) is 0 Å². The van der Waals surface area contributed by atoms with Gasteiger partial charge in [-0.3, -0.25) is 4.99 Å². The van der Waals surface area contributed by atoms with Crippen LogP contribution in [-0.2, 0) is 16.0 Å². The Kier molecular flexibility index (Phi) is 7.16. The molecule has 1 aliphatic rings. The maximum Gasteiger partial charge on any atom is 0.339 e. The zero-order valence-electron chi connectivity index (χ0n) is 20.0. The van der Waals surface area contributed by atoms with Crippen molar-refractivity contribution < 1.29 is 13.9 Å². The number of aliphatic imine (C=N–C) groups is 1. The molecule has 0 spiro atoms. The summed E-state index contributed by atoms with van der Waals surface area (Å²) >= 11 is 0. The number of carbonyl (C=O) groups excluding carboxylic acids is 1. The van der Waals surface area contributed by atoms with E-state index in [1.807, 2.05) is 13.0 Å². The molecule has 0 fully saturated rings. The fourth-order valence-corrected chi connectivity index (χ4v) is 4.58. The highest BCUT2D eigenvalue weighted by Gasteiger charge is 2.22. The summed E-state index contributed by atoms with van der Waals surface area (Å²) in [6, 6.07) is 15.0. The minimum absolute atomic E-state index is 0.373. The molecule has 0 saturated carbocycles. The van der Waals surface area contributed by atoms with Gasteiger partial charge in [0.1, 0.15) is 5.58 Å². The van der Waals surface area contributed by atoms with E-state index in [0.29, 0.717) is 11.5 Å². The highest BCUT2D eigenvalue weighted by Crippen LogP contribution is 2.35. The van der Waals surface area contributed by atoms with Crippen LogP contribution in [0.3, 0.4) is 0 Å². The summed E-state index contributed by atoms with van der Waals surface area (Å²) in [6.07, 6.45) is 8.15. The third-order valence-corrected chi connectivity index (χ3v) is 6.55. The lowest BCUT2D eigenvalue weighted by atomic mass is 9.82. The first-order valence-corrected chi connectivity index (χ1v) is 11.5. The van der Waals surface area contributed by atoms with Crippen LogP contribution in [0.2, 0.25) is 0 Å². The highest BCUT2D eigenvalue weighted by atomic mass is 16.5. The van der Waals surface area contributed by atoms with Crippen LogP contribution >= 0.6 is 0 Å². The van der Waals surface area contributed by atoms with Gasteiger partial charge in [-0.15, -0.1) is 0 Å². The molecule has 1 N–H and O–H groups in total. The van der Waals surface area contributed by atoms with Crippen LogP contribution in [0.25, 0.3) is 11.0 Å². The van der Waals surface area contributed by atoms with Crippen molar-refractivity contribution in [3.63, 3.8) is 0 Å². The third-order valence-electron chi connectivity index (χ3n) is 6.55. The van der Waals surface area contributed by atoms with Crippen molar-refractivity contribution in [2.45, 2.75) is 32.1 Å². The lowest BCUT2D eigenvalue weighted by Gasteiger charge is -2.28. The van der Waals surface area contributed by atoms with E-state index in [1.165, 1.54) is 24.4 Å². The number of rotatable bonds is 8. The minimum Gasteiger partial charge on any atom is -0.465 e. The van der Waals surface area contributed by atoms with Crippen molar-refractivity contribution in [1.29, 1.82) is 0 Å². The molecule has 0 unspecified atom stereocenters. The van der Waals surface area contributed by atoms with Gasteiger partial charge >= 0.3 is 5.97 Å². The number of allylic oxidation sites excluding steroid dienone is 1. The Bertz CT molecular complexity index is 1250. The van der Waals surface area contributed by atoms with E-state index in [4.69, 9.17) is 9.15 Å². The summed E-state index contributed by atoms with van der Waals surface area (Å²) in [5, 5.41) is 4.55. The largest absolute Gasteiger partial charge is 0.465 e. The van der Waals surface area contributed by atoms with Gasteiger partial charge in [0.2, 0.25) is 0 Å². The number of nitrogens with one attached hydrogen (secondary N) is 1. The summed E-state index contributed by atoms with van der Waals surface area (Å²) in [7, 11) is 3.46. The number of benzene rings is 2. The molecule has 2 aromatic carbocycles. The summed E-state index contributed by atoms with van der Waals surface area (Å²) in [5.74, 6) is -0.0210. The van der Waals surface area contributed by atoms with E-state index in [9.17, 15) is 4.79 Å². The number of furan rings is 1. The molecular weight excluding hydrogens is 426 g/mol. The maximum atomic E-state index is 12.1. The van der Waals surface area contributed by atoms with E-state index in [1.54, 1.807) is 12.3 Å². The number of nitrogens with zero attached hydrogens (tertiary/aromatic N) is 2. The molecule has 1 aromatic heterocycles. The van der Waals surface area contributed by atoms with Crippen LogP contribution in [0.1, 0.15) is 36.8 Å². The molecule has 6 nitrogen and oxygen atoms in total. The molecule has 0 amide bonds. The molecule has 0 saturated heterocycles. The molecule has 1 aliphatic carbocycles. The number of aryl methyl sites for hydroxylation is 1. The minimum atomic E-state index is -0.394. The second kappa shape index (κ2) is 10.4. The van der Waals surface area contributed by atoms with E-state index in [0.717, 1.165) is 53.8 Å². The molecule has 34 heavy (non-hydrogen) atoms. The predicted octanol–water partition coefficient (Wildman–Crippen LogP) is 5.87. The number of fused-ring (bicyclic) bond motifs is 2. The van der Waals surface area contributed by atoms with Crippen molar-refractivity contribution in [2.75, 3.05) is 25.6 Å². The van der Waals surface area contributed by atoms with Crippen molar-refractivity contribution in [2.24, 2.45) is 4.99 Å². The van der Waals surface area contributed by atoms with Crippen molar-refractivity contribution in [3.8, 4) is 0 Å². The first kappa shape index (κ1) is 23.4. The number of esters is 1. The molecule has 0 radical (unpaired) electrons. The standard InChI is InChI=1S/C28H31N3O3/c1-19(25(12-14-29-2)28(32)33-4)30-18-22-7-5-6-21-16-23(10-11-26(21)22)31(3)24-9-8-20-13-15-34-27(20)17-24/h8-17,22,30H,2,5-7,18H2,1,3-4H3/b14-12-,25-19-/t22-/m0/s1. The fourth-order valence-electron chi connectivity index (χ4n) is 4.58. The Hall–Kier alpha value is -3.80. The number of hydrogen-bond acceptors (Lipinski definition) is 6. The smallest absolute Gasteiger partial charge is 0.339 e. The Morgan fingerprint density at radius 1 is 1.26 bits per heavy atom. The normalized spacial score (nSPS) is 16.1. The van der Waals surface area contributed by atoms with Crippen molar-refractivity contribution in [1.82, 2.24) is 5.32 Å². The highest BCUT2D eigenvalue weighted by molar-refractivity contribution is 5.92. The molecule has 1 atom stereocenters. The van der Waals surface area contributed by atoms with Gasteiger partial charge in [-0.25, -0.2) is 4.79 Å². The van der Waals surface area contributed by atoms with Crippen LogP contribution in [0.4, 0.5) is 11.4 Å². The Labute approximate surface area is 200 Å². The molecule has 176 valence electrons. The van der Waals surface area contributed by atoms with Gasteiger partial charge in [0.05, 0.1) is 18.9 Å². The van der Waals surface area contributed by atoms with Gasteiger partial charge in [-0.05, 0) is 80.4 Å². The molecule has 4 rings (SSSR count). The zero-order chi connectivity index (χ0) is 24.1. The van der Waals surface area contributed by atoms with E-state index in [2.05, 4.69) is 65.4 Å². The van der Waals surface area contributed by atoms with Crippen LogP contribution in [0.5, 0.6) is 0 Å². The summed E-state index contributed by atoms with van der Waals surface area (Å²) in [5.41, 5.74) is 7.11. The lowest BCUT2D eigenvalue weighted by Crippen LogP contribution is -2.25. The molecule has 0 aliphatic heterocycles. The predicted molar refractivity (Wildman–Crippen MR) is 138 cm³/mol. The van der Waals surface area contributed by atoms with Crippen LogP contribution in [0.15, 0.2) is 81.7 Å². The van der Waals surface area contributed by atoms with Gasteiger partial charge in [-0.2, -0.15) is 0 Å². The quantitative estimate of drug-likeness (QED) is 0.198. The second-order valence-corrected chi connectivity index (χ2v) is 8.58. The molecule has 0 bridgehead atoms. The van der Waals surface area contributed by atoms with E-state index < -0.39 is 5.97 Å². The Balaban J connectivity index is 1.52. The fraction of sp³-hybridized carbons (Fsp3) is 0.286. The van der Waals surface area contributed by atoms with Crippen molar-refractivity contribution >= 4 is 35.0 Å². The first-order chi connectivity index (χ1) is 16.5. The van der Waals surface area contributed by atoms with Crippen LogP contribution in [-0.4, -0.2) is 33.4 Å². The Morgan fingerprint density at radius 3 is 2.85 bits per heavy atom. The van der Waals surface area contributed by atoms with E-state index in [-0.39, 0.29) is 0 Å². The molecule has 6 heteroatoms. The summed E-state index contributed by atoms with van der Waals surface area (Å²) in [6.45, 7) is 6.07. The van der Waals surface area contributed by atoms with Crippen LogP contribution < -0.4 is 10.2 Å². The molecule has 1 heterocycles. The Morgan fingerprint density at radius 2 is 2.06 bits per heavy atom. The van der Waals surface area contributed by atoms with Gasteiger partial charge in [-0.1, -0.05) is 6.07 Å². The number of hydrogen-bond donors (Lipinski definition) is 1. The SMILES string of the molecule is C=N/C=C\C(C(=O)OC)=C(/C)NC[C@@H]1CCCc2cc(N(C)c3ccc4ccoc4c3)ccc21. The summed E-state index contributed by atoms with van der Waals surface area (Å²) in [4.78, 5) is 18.0. The number of methoxy groups -OCH3 is 1. The topological polar surface area (TPSA) is 67.1 Å². The van der Waals surface area contributed by atoms with Gasteiger partial charge in [0, 0.05) is 54.2 Å². The maximum absolute atomic E-state index is 12.1. The number of carbonyl (C=O) groups is 1. The second-order valence-electron chi connectivity index (χ2n) is 8.58. The molecule has 3 aromatic rings. The van der Waals surface area contributed by atoms with Crippen molar-refractivity contribution in [3.05, 3.63) is 83.4 Å². The number of anilines is 2. The first-order valence-electron chi connectivity index (χ1n) is 11.5. The summed E-state index contributed by atoms with van der Waals surface area (Å²) < 4.78 is 10.5. The number of ether oxygens (including phenoxy) is 1. The monoisotopic (exact) mass is 457 g/mol.